The molecule has 8 atom stereocenters. The highest BCUT2D eigenvalue weighted by Crippen LogP contribution is 2.77. The van der Waals surface area contributed by atoms with Gasteiger partial charge in [0, 0.05) is 29.6 Å². The highest BCUT2D eigenvalue weighted by molar-refractivity contribution is 5.92. The van der Waals surface area contributed by atoms with Gasteiger partial charge in [-0.15, -0.1) is 0 Å². The monoisotopic (exact) mass is 460 g/mol. The van der Waals surface area contributed by atoms with Gasteiger partial charge < -0.3 is 19.7 Å². The van der Waals surface area contributed by atoms with Crippen molar-refractivity contribution < 1.29 is 34.1 Å². The Morgan fingerprint density at radius 1 is 1.27 bits per heavy atom. The van der Waals surface area contributed by atoms with E-state index >= 15 is 0 Å². The Balaban J connectivity index is 1.58. The zero-order valence-corrected chi connectivity index (χ0v) is 20.1. The van der Waals surface area contributed by atoms with E-state index in [2.05, 4.69) is 13.8 Å². The summed E-state index contributed by atoms with van der Waals surface area (Å²) in [5, 5.41) is 21.0. The van der Waals surface area contributed by atoms with Gasteiger partial charge in [-0.3, -0.25) is 14.4 Å². The molecule has 1 heterocycles. The molecule has 2 N–H and O–H groups in total. The Morgan fingerprint density at radius 2 is 2.00 bits per heavy atom. The molecule has 4 fully saturated rings. The fourth-order valence-electron chi connectivity index (χ4n) is 8.39. The number of carbonyl (C=O) groups is 3. The number of carboxylic acids is 1. The van der Waals surface area contributed by atoms with Crippen molar-refractivity contribution in [2.75, 3.05) is 0 Å². The molecule has 182 valence electrons. The van der Waals surface area contributed by atoms with Crippen molar-refractivity contribution >= 4 is 17.7 Å². The molecule has 1 saturated heterocycles. The van der Waals surface area contributed by atoms with Crippen LogP contribution in [0.2, 0.25) is 0 Å². The summed E-state index contributed by atoms with van der Waals surface area (Å²) >= 11 is 0. The second kappa shape index (κ2) is 7.14. The summed E-state index contributed by atoms with van der Waals surface area (Å²) in [6, 6.07) is 0. The lowest BCUT2D eigenvalue weighted by atomic mass is 9.43. The summed E-state index contributed by atoms with van der Waals surface area (Å²) in [7, 11) is 0. The molecule has 0 aromatic carbocycles. The summed E-state index contributed by atoms with van der Waals surface area (Å²) in [5.41, 5.74) is -1.46. The minimum atomic E-state index is -1.10. The lowest BCUT2D eigenvalue weighted by molar-refractivity contribution is -0.169. The van der Waals surface area contributed by atoms with Gasteiger partial charge in [0.1, 0.15) is 5.60 Å². The van der Waals surface area contributed by atoms with E-state index in [1.54, 1.807) is 6.08 Å². The van der Waals surface area contributed by atoms with Gasteiger partial charge in [0.2, 0.25) is 0 Å². The number of fused-ring (bicyclic) bond motifs is 3. The second-order valence-electron chi connectivity index (χ2n) is 11.9. The summed E-state index contributed by atoms with van der Waals surface area (Å²) in [6.45, 7) is 7.94. The molecule has 0 amide bonds. The summed E-state index contributed by atoms with van der Waals surface area (Å²) in [4.78, 5) is 37.0. The molecule has 5 aliphatic rings. The Morgan fingerprint density at radius 3 is 2.67 bits per heavy atom. The van der Waals surface area contributed by atoms with Crippen LogP contribution in [0.15, 0.2) is 11.6 Å². The second-order valence-corrected chi connectivity index (χ2v) is 11.9. The van der Waals surface area contributed by atoms with Crippen LogP contribution >= 0.6 is 0 Å². The van der Waals surface area contributed by atoms with Gasteiger partial charge in [0.15, 0.2) is 5.78 Å². The molecule has 0 unspecified atom stereocenters. The zero-order valence-electron chi connectivity index (χ0n) is 20.1. The largest absolute Gasteiger partial charge is 0.481 e. The minimum absolute atomic E-state index is 0.0239. The number of esters is 1. The molecular weight excluding hydrogens is 424 g/mol. The van der Waals surface area contributed by atoms with Crippen LogP contribution < -0.4 is 0 Å². The van der Waals surface area contributed by atoms with Gasteiger partial charge >= 0.3 is 11.9 Å². The molecule has 0 bridgehead atoms. The number of rotatable bonds is 5. The van der Waals surface area contributed by atoms with E-state index in [1.165, 1.54) is 0 Å². The van der Waals surface area contributed by atoms with E-state index in [-0.39, 0.29) is 54.1 Å². The molecule has 4 aliphatic carbocycles. The van der Waals surface area contributed by atoms with E-state index in [0.29, 0.717) is 32.1 Å². The van der Waals surface area contributed by atoms with E-state index < -0.39 is 28.5 Å². The van der Waals surface area contributed by atoms with E-state index in [4.69, 9.17) is 9.47 Å². The fraction of sp³-hybridized carbons (Fsp3) is 0.808. The van der Waals surface area contributed by atoms with Gasteiger partial charge in [-0.1, -0.05) is 19.4 Å². The van der Waals surface area contributed by atoms with Gasteiger partial charge in [-0.2, -0.15) is 0 Å². The summed E-state index contributed by atoms with van der Waals surface area (Å²) < 4.78 is 12.3. The number of ether oxygens (including phenoxy) is 2. The van der Waals surface area contributed by atoms with Crippen LogP contribution in [0, 0.1) is 28.6 Å². The number of aliphatic carboxylic acids is 1. The van der Waals surface area contributed by atoms with Crippen LogP contribution in [0.25, 0.3) is 0 Å². The molecule has 7 heteroatoms. The van der Waals surface area contributed by atoms with Gasteiger partial charge in [-0.05, 0) is 64.4 Å². The Labute approximate surface area is 194 Å². The third kappa shape index (κ3) is 2.97. The number of carbonyl (C=O) groups excluding carboxylic acids is 2. The molecule has 1 spiro atoms. The SMILES string of the molecule is CC(C)OC(=O)[C@@H]1CC2=CC(=O)CC[C@]2(C)[C@@]23O[C@@H]2C[C@@]2(C)[C@@H](CC[C@]2(O)CCC(=O)O)[C@H]13. The average molecular weight is 461 g/mol. The molecule has 5 rings (SSSR count). The normalized spacial score (nSPS) is 47.7. The van der Waals surface area contributed by atoms with Crippen LogP contribution in [0.4, 0.5) is 0 Å². The van der Waals surface area contributed by atoms with Crippen LogP contribution in [0.3, 0.4) is 0 Å². The maximum atomic E-state index is 13.4. The van der Waals surface area contributed by atoms with Crippen LogP contribution in [0.5, 0.6) is 0 Å². The molecule has 1 aliphatic heterocycles. The third-order valence-electron chi connectivity index (χ3n) is 10.1. The van der Waals surface area contributed by atoms with Gasteiger partial charge in [0.25, 0.3) is 0 Å². The van der Waals surface area contributed by atoms with Crippen molar-refractivity contribution in [2.24, 2.45) is 28.6 Å². The Bertz CT molecular complexity index is 939. The lowest BCUT2D eigenvalue weighted by Crippen LogP contribution is -2.63. The van der Waals surface area contributed by atoms with E-state index in [1.807, 2.05) is 13.8 Å². The van der Waals surface area contributed by atoms with Gasteiger partial charge in [0.05, 0.1) is 23.7 Å². The summed E-state index contributed by atoms with van der Waals surface area (Å²) in [5.74, 6) is -1.59. The predicted octanol–water partition coefficient (Wildman–Crippen LogP) is 3.42. The molecule has 0 aromatic rings. The molecule has 3 saturated carbocycles. The van der Waals surface area contributed by atoms with Crippen LogP contribution in [0.1, 0.15) is 79.1 Å². The summed E-state index contributed by atoms with van der Waals surface area (Å²) in [6.07, 6.45) is 5.10. The number of hydrogen-bond acceptors (Lipinski definition) is 6. The predicted molar refractivity (Wildman–Crippen MR) is 118 cm³/mol. The molecule has 33 heavy (non-hydrogen) atoms. The third-order valence-corrected chi connectivity index (χ3v) is 10.1. The smallest absolute Gasteiger partial charge is 0.309 e. The molecule has 7 nitrogen and oxygen atoms in total. The molecular formula is C26H36O7. The van der Waals surface area contributed by atoms with E-state index in [0.717, 1.165) is 12.0 Å². The van der Waals surface area contributed by atoms with Crippen molar-refractivity contribution in [3.63, 3.8) is 0 Å². The van der Waals surface area contributed by atoms with Crippen molar-refractivity contribution in [1.82, 2.24) is 0 Å². The quantitative estimate of drug-likeness (QED) is 0.477. The zero-order chi connectivity index (χ0) is 24.0. The lowest BCUT2D eigenvalue weighted by Gasteiger charge is -2.58. The highest BCUT2D eigenvalue weighted by atomic mass is 16.6. The number of hydrogen-bond donors (Lipinski definition) is 2. The number of carboxylic acid groups (broad SMARTS) is 1. The first kappa shape index (κ1) is 23.0. The average Bonchev–Trinajstić information content (AvgIpc) is 3.38. The fourth-order valence-corrected chi connectivity index (χ4v) is 8.39. The van der Waals surface area contributed by atoms with Crippen LogP contribution in [-0.2, 0) is 23.9 Å². The highest BCUT2D eigenvalue weighted by Gasteiger charge is 2.82. The van der Waals surface area contributed by atoms with Crippen molar-refractivity contribution in [3.8, 4) is 0 Å². The maximum absolute atomic E-state index is 13.4. The number of ketones is 1. The standard InChI is InChI=1S/C26H36O7/c1-14(2)32-22(30)17-12-15-11-16(27)5-8-23(15,3)26-19(33-26)13-24(4)18(21(17)26)6-9-25(24,31)10-7-20(28)29/h11,14,17-19,21,31H,5-10,12-13H2,1-4H3,(H,28,29)/t17-,18+,19-,21+,23+,24+,25+,26-/m1/s1. The Kier molecular flexibility index (Phi) is 4.98. The van der Waals surface area contributed by atoms with Crippen molar-refractivity contribution in [1.29, 1.82) is 0 Å². The Hall–Kier alpha value is -1.73. The first-order chi connectivity index (χ1) is 15.4. The van der Waals surface area contributed by atoms with E-state index in [9.17, 15) is 24.6 Å². The maximum Gasteiger partial charge on any atom is 0.309 e. The van der Waals surface area contributed by atoms with Crippen molar-refractivity contribution in [2.45, 2.75) is 102 Å². The molecule has 0 radical (unpaired) electrons. The first-order valence-corrected chi connectivity index (χ1v) is 12.4. The topological polar surface area (TPSA) is 113 Å². The first-order valence-electron chi connectivity index (χ1n) is 12.4. The number of aliphatic hydroxyl groups is 1. The molecule has 0 aromatic heterocycles. The minimum Gasteiger partial charge on any atom is -0.481 e. The van der Waals surface area contributed by atoms with Crippen LogP contribution in [-0.4, -0.2) is 51.3 Å². The van der Waals surface area contributed by atoms with Crippen molar-refractivity contribution in [3.05, 3.63) is 11.6 Å². The van der Waals surface area contributed by atoms with Gasteiger partial charge in [-0.25, -0.2) is 0 Å². The number of epoxide rings is 1.